The lowest BCUT2D eigenvalue weighted by atomic mass is 9.80. The molecule has 0 unspecified atom stereocenters. The maximum Gasteiger partial charge on any atom is 0.305 e. The Labute approximate surface area is 101 Å². The molecule has 0 saturated carbocycles. The molecule has 0 heterocycles. The Morgan fingerprint density at radius 3 is 2.38 bits per heavy atom. The van der Waals surface area contributed by atoms with Crippen molar-refractivity contribution in [3.05, 3.63) is 0 Å². The quantitative estimate of drug-likeness (QED) is 0.460. The monoisotopic (exact) mass is 228 g/mol. The van der Waals surface area contributed by atoms with Gasteiger partial charge in [-0.15, -0.1) is 0 Å². The van der Waals surface area contributed by atoms with Gasteiger partial charge in [0.05, 0.1) is 6.61 Å². The predicted octanol–water partition coefficient (Wildman–Crippen LogP) is 4.18. The minimum Gasteiger partial charge on any atom is -0.466 e. The van der Waals surface area contributed by atoms with Gasteiger partial charge in [0.2, 0.25) is 0 Å². The van der Waals surface area contributed by atoms with Crippen molar-refractivity contribution >= 4 is 5.97 Å². The molecule has 0 fully saturated rings. The van der Waals surface area contributed by atoms with Crippen LogP contribution in [0.5, 0.6) is 0 Å². The molecule has 2 heteroatoms. The van der Waals surface area contributed by atoms with Crippen molar-refractivity contribution in [2.24, 2.45) is 11.3 Å². The smallest absolute Gasteiger partial charge is 0.305 e. The van der Waals surface area contributed by atoms with Gasteiger partial charge in [0.1, 0.15) is 0 Å². The van der Waals surface area contributed by atoms with Crippen molar-refractivity contribution in [2.45, 2.75) is 66.7 Å². The molecule has 0 radical (unpaired) electrons. The average Bonchev–Trinajstić information content (AvgIpc) is 2.14. The molecule has 0 bridgehead atoms. The number of ether oxygens (including phenoxy) is 1. The number of hydrogen-bond acceptors (Lipinski definition) is 2. The third kappa shape index (κ3) is 8.75. The third-order valence-electron chi connectivity index (χ3n) is 2.76. The summed E-state index contributed by atoms with van der Waals surface area (Å²) in [4.78, 5) is 10.9. The first-order chi connectivity index (χ1) is 7.37. The van der Waals surface area contributed by atoms with E-state index < -0.39 is 0 Å². The number of carbonyl (C=O) groups is 1. The van der Waals surface area contributed by atoms with E-state index in [0.717, 1.165) is 18.8 Å². The predicted molar refractivity (Wildman–Crippen MR) is 68.3 cm³/mol. The largest absolute Gasteiger partial charge is 0.466 e. The van der Waals surface area contributed by atoms with Crippen LogP contribution in [0.15, 0.2) is 0 Å². The molecule has 96 valence electrons. The van der Waals surface area contributed by atoms with Crippen molar-refractivity contribution in [1.82, 2.24) is 0 Å². The molecule has 0 aliphatic carbocycles. The first-order valence-electron chi connectivity index (χ1n) is 6.53. The average molecular weight is 228 g/mol. The van der Waals surface area contributed by atoms with Gasteiger partial charge >= 0.3 is 5.97 Å². The van der Waals surface area contributed by atoms with Crippen LogP contribution in [-0.4, -0.2) is 12.6 Å². The Kier molecular flexibility index (Phi) is 7.44. The van der Waals surface area contributed by atoms with E-state index in [-0.39, 0.29) is 5.97 Å². The lowest BCUT2D eigenvalue weighted by molar-refractivity contribution is -0.143. The van der Waals surface area contributed by atoms with E-state index >= 15 is 0 Å². The highest BCUT2D eigenvalue weighted by molar-refractivity contribution is 5.68. The topological polar surface area (TPSA) is 26.3 Å². The molecule has 0 aliphatic rings. The van der Waals surface area contributed by atoms with Crippen LogP contribution in [0.25, 0.3) is 0 Å². The SMILES string of the molecule is CCC(=O)OCCCCC(C)(C)CC(C)C. The lowest BCUT2D eigenvalue weighted by Crippen LogP contribution is -2.14. The molecule has 16 heavy (non-hydrogen) atoms. The molecule has 0 N–H and O–H groups in total. The van der Waals surface area contributed by atoms with Gasteiger partial charge in [-0.3, -0.25) is 4.79 Å². The summed E-state index contributed by atoms with van der Waals surface area (Å²) in [6.45, 7) is 11.6. The highest BCUT2D eigenvalue weighted by Gasteiger charge is 2.18. The maximum absolute atomic E-state index is 10.9. The highest BCUT2D eigenvalue weighted by atomic mass is 16.5. The van der Waals surface area contributed by atoms with E-state index in [1.165, 1.54) is 12.8 Å². The maximum atomic E-state index is 10.9. The zero-order chi connectivity index (χ0) is 12.6. The van der Waals surface area contributed by atoms with E-state index in [9.17, 15) is 4.79 Å². The van der Waals surface area contributed by atoms with Gasteiger partial charge in [0.15, 0.2) is 0 Å². The van der Waals surface area contributed by atoms with Gasteiger partial charge in [-0.1, -0.05) is 34.6 Å². The summed E-state index contributed by atoms with van der Waals surface area (Å²) < 4.78 is 5.05. The Morgan fingerprint density at radius 1 is 1.25 bits per heavy atom. The van der Waals surface area contributed by atoms with Crippen LogP contribution in [-0.2, 0) is 9.53 Å². The van der Waals surface area contributed by atoms with E-state index in [1.54, 1.807) is 0 Å². The summed E-state index contributed by atoms with van der Waals surface area (Å²) in [7, 11) is 0. The van der Waals surface area contributed by atoms with Crippen LogP contribution in [0.4, 0.5) is 0 Å². The van der Waals surface area contributed by atoms with Crippen LogP contribution in [0.3, 0.4) is 0 Å². The van der Waals surface area contributed by atoms with Gasteiger partial charge in [-0.25, -0.2) is 0 Å². The van der Waals surface area contributed by atoms with Crippen LogP contribution in [0, 0.1) is 11.3 Å². The highest BCUT2D eigenvalue weighted by Crippen LogP contribution is 2.30. The van der Waals surface area contributed by atoms with Gasteiger partial charge in [-0.05, 0) is 37.0 Å². The summed E-state index contributed by atoms with van der Waals surface area (Å²) in [5.74, 6) is 0.675. The molecule has 0 amide bonds. The molecule has 0 rings (SSSR count). The summed E-state index contributed by atoms with van der Waals surface area (Å²) in [5, 5.41) is 0. The molecular formula is C14H28O2. The number of esters is 1. The number of hydrogen-bond donors (Lipinski definition) is 0. The molecular weight excluding hydrogens is 200 g/mol. The van der Waals surface area contributed by atoms with Crippen molar-refractivity contribution in [3.63, 3.8) is 0 Å². The molecule has 0 aromatic rings. The second kappa shape index (κ2) is 7.70. The van der Waals surface area contributed by atoms with E-state index in [4.69, 9.17) is 4.74 Å². The molecule has 2 nitrogen and oxygen atoms in total. The summed E-state index contributed by atoms with van der Waals surface area (Å²) in [6, 6.07) is 0. The van der Waals surface area contributed by atoms with Crippen LogP contribution >= 0.6 is 0 Å². The van der Waals surface area contributed by atoms with Crippen molar-refractivity contribution in [2.75, 3.05) is 6.61 Å². The van der Waals surface area contributed by atoms with Crippen molar-refractivity contribution in [1.29, 1.82) is 0 Å². The molecule has 0 aromatic carbocycles. The van der Waals surface area contributed by atoms with Crippen molar-refractivity contribution in [3.8, 4) is 0 Å². The second-order valence-corrected chi connectivity index (χ2v) is 5.79. The molecule has 0 atom stereocenters. The molecule has 0 spiro atoms. The summed E-state index contributed by atoms with van der Waals surface area (Å²) >= 11 is 0. The molecule has 0 saturated heterocycles. The zero-order valence-corrected chi connectivity index (χ0v) is 11.6. The first kappa shape index (κ1) is 15.5. The number of rotatable bonds is 8. The second-order valence-electron chi connectivity index (χ2n) is 5.79. The third-order valence-corrected chi connectivity index (χ3v) is 2.76. The van der Waals surface area contributed by atoms with Gasteiger partial charge in [0, 0.05) is 6.42 Å². The normalized spacial score (nSPS) is 11.9. The Morgan fingerprint density at radius 2 is 1.88 bits per heavy atom. The van der Waals surface area contributed by atoms with E-state index in [2.05, 4.69) is 27.7 Å². The summed E-state index contributed by atoms with van der Waals surface area (Å²) in [5.41, 5.74) is 0.420. The number of carbonyl (C=O) groups excluding carboxylic acids is 1. The lowest BCUT2D eigenvalue weighted by Gasteiger charge is -2.26. The Bertz CT molecular complexity index is 195. The minimum absolute atomic E-state index is 0.0820. The van der Waals surface area contributed by atoms with Crippen LogP contribution in [0.1, 0.15) is 66.7 Å². The van der Waals surface area contributed by atoms with E-state index in [1.807, 2.05) is 6.92 Å². The van der Waals surface area contributed by atoms with Gasteiger partial charge < -0.3 is 4.74 Å². The number of unbranched alkanes of at least 4 members (excludes halogenated alkanes) is 1. The van der Waals surface area contributed by atoms with Gasteiger partial charge in [0.25, 0.3) is 0 Å². The Balaban J connectivity index is 3.54. The van der Waals surface area contributed by atoms with Crippen LogP contribution < -0.4 is 0 Å². The fourth-order valence-corrected chi connectivity index (χ4v) is 2.20. The zero-order valence-electron chi connectivity index (χ0n) is 11.6. The fourth-order valence-electron chi connectivity index (χ4n) is 2.20. The summed E-state index contributed by atoms with van der Waals surface area (Å²) in [6.07, 6.45) is 5.11. The standard InChI is InChI=1S/C14H28O2/c1-6-13(15)16-10-8-7-9-14(4,5)11-12(2)3/h12H,6-11H2,1-5H3. The van der Waals surface area contributed by atoms with E-state index in [0.29, 0.717) is 18.4 Å². The molecule has 0 aliphatic heterocycles. The Hall–Kier alpha value is -0.530. The minimum atomic E-state index is -0.0820. The van der Waals surface area contributed by atoms with Crippen molar-refractivity contribution < 1.29 is 9.53 Å². The first-order valence-corrected chi connectivity index (χ1v) is 6.53. The van der Waals surface area contributed by atoms with Gasteiger partial charge in [-0.2, -0.15) is 0 Å². The van der Waals surface area contributed by atoms with Crippen LogP contribution in [0.2, 0.25) is 0 Å². The fraction of sp³-hybridized carbons (Fsp3) is 0.929. The molecule has 0 aromatic heterocycles.